The average Bonchev–Trinajstić information content (AvgIpc) is 2.63. The lowest BCUT2D eigenvalue weighted by Gasteiger charge is -2.20. The normalized spacial score (nSPS) is 10.1. The van der Waals surface area contributed by atoms with Gasteiger partial charge in [0.25, 0.3) is 0 Å². The highest BCUT2D eigenvalue weighted by atomic mass is 35.5. The van der Waals surface area contributed by atoms with Crippen LogP contribution in [0.2, 0.25) is 5.15 Å². The first-order chi connectivity index (χ1) is 7.19. The zero-order valence-electron chi connectivity index (χ0n) is 8.66. The van der Waals surface area contributed by atoms with E-state index in [4.69, 9.17) is 11.6 Å². The van der Waals surface area contributed by atoms with Gasteiger partial charge in [-0.3, -0.25) is 4.79 Å². The van der Waals surface area contributed by atoms with Crippen LogP contribution >= 0.6 is 23.3 Å². The number of aromatic nitrogens is 2. The summed E-state index contributed by atoms with van der Waals surface area (Å²) in [6, 6.07) is 0. The van der Waals surface area contributed by atoms with E-state index in [9.17, 15) is 4.79 Å². The Morgan fingerprint density at radius 2 is 2.33 bits per heavy atom. The Kier molecular flexibility index (Phi) is 4.77. The lowest BCUT2D eigenvalue weighted by molar-refractivity contribution is -0.119. The molecule has 0 atom stereocenters. The summed E-state index contributed by atoms with van der Waals surface area (Å²) in [6.07, 6.45) is 0.921. The van der Waals surface area contributed by atoms with Gasteiger partial charge in [0.05, 0.1) is 18.3 Å². The fraction of sp³-hybridized carbons (Fsp3) is 0.625. The quantitative estimate of drug-likeness (QED) is 0.850. The lowest BCUT2D eigenvalue weighted by Crippen LogP contribution is -2.36. The van der Waals surface area contributed by atoms with Crippen molar-refractivity contribution in [3.63, 3.8) is 0 Å². The van der Waals surface area contributed by atoms with Gasteiger partial charge in [-0.05, 0) is 6.42 Å². The van der Waals surface area contributed by atoms with Crippen molar-refractivity contribution < 1.29 is 4.79 Å². The molecule has 1 aromatic rings. The highest BCUT2D eigenvalue weighted by Crippen LogP contribution is 2.22. The summed E-state index contributed by atoms with van der Waals surface area (Å²) >= 11 is 6.91. The maximum atomic E-state index is 11.3. The summed E-state index contributed by atoms with van der Waals surface area (Å²) in [6.45, 7) is 3.03. The van der Waals surface area contributed by atoms with Gasteiger partial charge in [0.15, 0.2) is 11.0 Å². The maximum Gasteiger partial charge on any atom is 0.239 e. The minimum absolute atomic E-state index is 0.0625. The number of likely N-dealkylation sites (N-methyl/N-ethyl adjacent to an activating group) is 1. The van der Waals surface area contributed by atoms with E-state index in [0.717, 1.165) is 24.7 Å². The second kappa shape index (κ2) is 5.87. The molecule has 0 aliphatic carbocycles. The lowest BCUT2D eigenvalue weighted by atomic mass is 10.4. The Morgan fingerprint density at radius 3 is 2.80 bits per heavy atom. The molecular weight excluding hydrogens is 236 g/mol. The van der Waals surface area contributed by atoms with Crippen molar-refractivity contribution in [3.05, 3.63) is 5.15 Å². The molecule has 0 fully saturated rings. The van der Waals surface area contributed by atoms with Crippen molar-refractivity contribution >= 4 is 35.1 Å². The smallest absolute Gasteiger partial charge is 0.239 e. The number of hydrogen-bond donors (Lipinski definition) is 1. The molecule has 0 spiro atoms. The van der Waals surface area contributed by atoms with E-state index in [0.29, 0.717) is 11.0 Å². The highest BCUT2D eigenvalue weighted by Gasteiger charge is 2.16. The number of amides is 1. The number of anilines is 1. The van der Waals surface area contributed by atoms with E-state index < -0.39 is 0 Å². The van der Waals surface area contributed by atoms with Crippen molar-refractivity contribution in [1.82, 2.24) is 14.1 Å². The van der Waals surface area contributed by atoms with Gasteiger partial charge in [0.1, 0.15) is 0 Å². The van der Waals surface area contributed by atoms with E-state index in [1.54, 1.807) is 7.05 Å². The fourth-order valence-corrected chi connectivity index (χ4v) is 1.92. The third-order valence-corrected chi connectivity index (χ3v) is 2.71. The monoisotopic (exact) mass is 248 g/mol. The molecule has 0 radical (unpaired) electrons. The summed E-state index contributed by atoms with van der Waals surface area (Å²) in [4.78, 5) is 13.1. The van der Waals surface area contributed by atoms with Gasteiger partial charge in [0.2, 0.25) is 5.91 Å². The summed E-state index contributed by atoms with van der Waals surface area (Å²) in [7, 11) is 1.60. The van der Waals surface area contributed by atoms with Gasteiger partial charge in [-0.2, -0.15) is 8.75 Å². The van der Waals surface area contributed by atoms with Crippen molar-refractivity contribution in [2.75, 3.05) is 25.0 Å². The number of hydrogen-bond acceptors (Lipinski definition) is 5. The number of nitrogens with zero attached hydrogens (tertiary/aromatic N) is 3. The van der Waals surface area contributed by atoms with Crippen LogP contribution in [0.4, 0.5) is 5.82 Å². The van der Waals surface area contributed by atoms with Crippen LogP contribution in [0.15, 0.2) is 0 Å². The molecule has 5 nitrogen and oxygen atoms in total. The number of nitrogens with one attached hydrogen (secondary N) is 1. The molecule has 1 heterocycles. The molecule has 15 heavy (non-hydrogen) atoms. The number of carbonyl (C=O) groups excluding carboxylic acids is 1. The molecule has 7 heteroatoms. The minimum atomic E-state index is -0.0625. The zero-order chi connectivity index (χ0) is 11.3. The van der Waals surface area contributed by atoms with Crippen molar-refractivity contribution in [2.24, 2.45) is 0 Å². The summed E-state index contributed by atoms with van der Waals surface area (Å²) in [5.41, 5.74) is 0. The highest BCUT2D eigenvalue weighted by molar-refractivity contribution is 6.99. The second-order valence-corrected chi connectivity index (χ2v) is 3.86. The molecule has 84 valence electrons. The van der Waals surface area contributed by atoms with Gasteiger partial charge < -0.3 is 10.2 Å². The molecule has 1 amide bonds. The van der Waals surface area contributed by atoms with E-state index in [-0.39, 0.29) is 12.5 Å². The van der Waals surface area contributed by atoms with Crippen LogP contribution < -0.4 is 10.2 Å². The average molecular weight is 249 g/mol. The Balaban J connectivity index is 2.74. The summed E-state index contributed by atoms with van der Waals surface area (Å²) in [5.74, 6) is 0.527. The first kappa shape index (κ1) is 12.2. The molecule has 0 aliphatic rings. The molecule has 0 saturated carbocycles. The van der Waals surface area contributed by atoms with E-state index in [1.807, 2.05) is 11.8 Å². The zero-order valence-corrected chi connectivity index (χ0v) is 10.2. The topological polar surface area (TPSA) is 58.1 Å². The SMILES string of the molecule is CCCN(CC(=O)NC)c1nsnc1Cl. The molecule has 0 aromatic carbocycles. The Morgan fingerprint density at radius 1 is 1.60 bits per heavy atom. The van der Waals surface area contributed by atoms with Crippen LogP contribution in [0.3, 0.4) is 0 Å². The maximum absolute atomic E-state index is 11.3. The van der Waals surface area contributed by atoms with Crippen molar-refractivity contribution in [2.45, 2.75) is 13.3 Å². The predicted octanol–water partition coefficient (Wildman–Crippen LogP) is 1.15. The van der Waals surface area contributed by atoms with Crippen LogP contribution in [0.25, 0.3) is 0 Å². The largest absolute Gasteiger partial charge is 0.358 e. The van der Waals surface area contributed by atoms with Gasteiger partial charge in [0, 0.05) is 13.6 Å². The fourth-order valence-electron chi connectivity index (χ4n) is 1.14. The van der Waals surface area contributed by atoms with Gasteiger partial charge in [-0.15, -0.1) is 0 Å². The molecular formula is C8H13ClN4OS. The third-order valence-electron chi connectivity index (χ3n) is 1.84. The van der Waals surface area contributed by atoms with Crippen LogP contribution in [0, 0.1) is 0 Å². The van der Waals surface area contributed by atoms with Gasteiger partial charge in [-0.1, -0.05) is 18.5 Å². The second-order valence-electron chi connectivity index (χ2n) is 2.97. The first-order valence-electron chi connectivity index (χ1n) is 4.62. The standard InChI is InChI=1S/C8H13ClN4OS/c1-3-4-13(5-6(14)10-2)8-7(9)11-15-12-8/h3-5H2,1-2H3,(H,10,14). The molecule has 0 bridgehead atoms. The number of carbonyl (C=O) groups is 1. The molecule has 1 rings (SSSR count). The van der Waals surface area contributed by atoms with Crippen LogP contribution in [-0.4, -0.2) is 34.8 Å². The van der Waals surface area contributed by atoms with Crippen LogP contribution in [-0.2, 0) is 4.79 Å². The summed E-state index contributed by atoms with van der Waals surface area (Å²) in [5, 5.41) is 2.93. The first-order valence-corrected chi connectivity index (χ1v) is 5.73. The molecule has 0 aliphatic heterocycles. The van der Waals surface area contributed by atoms with E-state index >= 15 is 0 Å². The molecule has 1 aromatic heterocycles. The van der Waals surface area contributed by atoms with Crippen molar-refractivity contribution in [1.29, 1.82) is 0 Å². The van der Waals surface area contributed by atoms with E-state index in [2.05, 4.69) is 14.1 Å². The van der Waals surface area contributed by atoms with E-state index in [1.165, 1.54) is 0 Å². The number of halogens is 1. The van der Waals surface area contributed by atoms with Crippen LogP contribution in [0.1, 0.15) is 13.3 Å². The van der Waals surface area contributed by atoms with Gasteiger partial charge >= 0.3 is 0 Å². The van der Waals surface area contributed by atoms with Crippen LogP contribution in [0.5, 0.6) is 0 Å². The minimum Gasteiger partial charge on any atom is -0.358 e. The third kappa shape index (κ3) is 3.32. The summed E-state index contributed by atoms with van der Waals surface area (Å²) < 4.78 is 7.94. The number of rotatable bonds is 5. The molecule has 1 N–H and O–H groups in total. The Hall–Kier alpha value is -0.880. The molecule has 0 unspecified atom stereocenters. The Bertz CT molecular complexity index is 330. The predicted molar refractivity (Wildman–Crippen MR) is 61.5 cm³/mol. The Labute approximate surface area is 97.8 Å². The van der Waals surface area contributed by atoms with Gasteiger partial charge in [-0.25, -0.2) is 0 Å². The van der Waals surface area contributed by atoms with Crippen molar-refractivity contribution in [3.8, 4) is 0 Å². The molecule has 0 saturated heterocycles.